The van der Waals surface area contributed by atoms with Gasteiger partial charge in [0.05, 0.1) is 0 Å². The highest BCUT2D eigenvalue weighted by atomic mass is 16.7. The molecule has 1 unspecified atom stereocenters. The molecule has 1 atom stereocenters. The first-order valence-corrected chi connectivity index (χ1v) is 6.23. The predicted octanol–water partition coefficient (Wildman–Crippen LogP) is 3.34. The molecule has 17 heavy (non-hydrogen) atoms. The summed E-state index contributed by atoms with van der Waals surface area (Å²) < 4.78 is 9.85. The summed E-state index contributed by atoms with van der Waals surface area (Å²) in [4.78, 5) is 11.6. The smallest absolute Gasteiger partial charge is 0.217 e. The third-order valence-corrected chi connectivity index (χ3v) is 2.79. The normalized spacial score (nSPS) is 12.6. The molecule has 0 aliphatic rings. The van der Waals surface area contributed by atoms with Crippen LogP contribution in [0.5, 0.6) is 0 Å². The zero-order valence-electron chi connectivity index (χ0n) is 11.8. The molecule has 0 radical (unpaired) electrons. The Morgan fingerprint density at radius 3 is 2.24 bits per heavy atom. The van der Waals surface area contributed by atoms with Gasteiger partial charge in [0.25, 0.3) is 0 Å². The van der Waals surface area contributed by atoms with Crippen molar-refractivity contribution >= 4 is 5.78 Å². The lowest BCUT2D eigenvalue weighted by Gasteiger charge is -2.14. The van der Waals surface area contributed by atoms with E-state index in [4.69, 9.17) is 9.47 Å². The van der Waals surface area contributed by atoms with Gasteiger partial charge in [0.1, 0.15) is 0 Å². The van der Waals surface area contributed by atoms with E-state index in [2.05, 4.69) is 26.8 Å². The van der Waals surface area contributed by atoms with Gasteiger partial charge in [-0.05, 0) is 39.0 Å². The second-order valence-corrected chi connectivity index (χ2v) is 4.77. The molecule has 0 amide bonds. The molecular formula is C14H26O3. The molecule has 0 saturated carbocycles. The van der Waals surface area contributed by atoms with E-state index in [0.29, 0.717) is 12.3 Å². The zero-order valence-corrected chi connectivity index (χ0v) is 11.8. The Morgan fingerprint density at radius 2 is 1.76 bits per heavy atom. The second-order valence-electron chi connectivity index (χ2n) is 4.77. The van der Waals surface area contributed by atoms with E-state index in [1.807, 2.05) is 0 Å². The highest BCUT2D eigenvalue weighted by Crippen LogP contribution is 2.15. The molecule has 0 aromatic rings. The van der Waals surface area contributed by atoms with Gasteiger partial charge in [0.15, 0.2) is 5.78 Å². The van der Waals surface area contributed by atoms with Crippen molar-refractivity contribution in [3.63, 3.8) is 0 Å². The lowest BCUT2D eigenvalue weighted by atomic mass is 9.98. The summed E-state index contributed by atoms with van der Waals surface area (Å²) >= 11 is 0. The van der Waals surface area contributed by atoms with Crippen LogP contribution >= 0.6 is 0 Å². The van der Waals surface area contributed by atoms with E-state index in [9.17, 15) is 4.79 Å². The fourth-order valence-corrected chi connectivity index (χ4v) is 1.67. The van der Waals surface area contributed by atoms with E-state index < -0.39 is 6.29 Å². The predicted molar refractivity (Wildman–Crippen MR) is 69.9 cm³/mol. The molecule has 0 heterocycles. The van der Waals surface area contributed by atoms with Gasteiger partial charge in [-0.25, -0.2) is 0 Å². The van der Waals surface area contributed by atoms with Crippen molar-refractivity contribution in [2.24, 2.45) is 5.92 Å². The number of ether oxygens (including phenoxy) is 2. The Hall–Kier alpha value is -0.670. The van der Waals surface area contributed by atoms with E-state index in [1.54, 1.807) is 0 Å². The quantitative estimate of drug-likeness (QED) is 0.459. The average Bonchev–Trinajstić information content (AvgIpc) is 2.27. The highest BCUT2D eigenvalue weighted by Gasteiger charge is 2.17. The van der Waals surface area contributed by atoms with Gasteiger partial charge in [-0.1, -0.05) is 18.6 Å². The molecule has 0 spiro atoms. The van der Waals surface area contributed by atoms with Crippen LogP contribution in [0.1, 0.15) is 46.5 Å². The molecule has 0 aliphatic carbocycles. The Balaban J connectivity index is 3.79. The maximum Gasteiger partial charge on any atom is 0.217 e. The molecule has 100 valence electrons. The molecule has 0 aromatic carbocycles. The number of ketones is 1. The molecular weight excluding hydrogens is 216 g/mol. The van der Waals surface area contributed by atoms with E-state index in [1.165, 1.54) is 19.8 Å². The molecule has 0 saturated heterocycles. The Labute approximate surface area is 105 Å². The van der Waals surface area contributed by atoms with Gasteiger partial charge in [-0.2, -0.15) is 0 Å². The topological polar surface area (TPSA) is 35.5 Å². The van der Waals surface area contributed by atoms with Gasteiger partial charge in [-0.15, -0.1) is 0 Å². The molecule has 0 bridgehead atoms. The number of hydrogen-bond acceptors (Lipinski definition) is 3. The van der Waals surface area contributed by atoms with Gasteiger partial charge in [0, 0.05) is 20.6 Å². The average molecular weight is 242 g/mol. The Bertz CT molecular complexity index is 238. The number of methoxy groups -OCH3 is 2. The third-order valence-electron chi connectivity index (χ3n) is 2.79. The molecule has 0 fully saturated rings. The van der Waals surface area contributed by atoms with Crippen LogP contribution in [0.2, 0.25) is 0 Å². The summed E-state index contributed by atoms with van der Waals surface area (Å²) in [6.07, 6.45) is 5.20. The van der Waals surface area contributed by atoms with Crippen LogP contribution in [0.25, 0.3) is 0 Å². The minimum Gasteiger partial charge on any atom is -0.349 e. The molecule has 0 rings (SSSR count). The zero-order chi connectivity index (χ0) is 13.3. The first-order chi connectivity index (χ1) is 8.01. The number of carbonyl (C=O) groups is 1. The van der Waals surface area contributed by atoms with Crippen molar-refractivity contribution in [3.05, 3.63) is 11.6 Å². The summed E-state index contributed by atoms with van der Waals surface area (Å²) in [5.74, 6) is 0.591. The van der Waals surface area contributed by atoms with E-state index in [0.717, 1.165) is 19.3 Å². The van der Waals surface area contributed by atoms with Crippen molar-refractivity contribution in [2.75, 3.05) is 14.2 Å². The van der Waals surface area contributed by atoms with Crippen LogP contribution in [0.3, 0.4) is 0 Å². The number of allylic oxidation sites excluding steroid dienone is 2. The van der Waals surface area contributed by atoms with Crippen LogP contribution in [-0.2, 0) is 14.3 Å². The van der Waals surface area contributed by atoms with E-state index >= 15 is 0 Å². The number of carbonyl (C=O) groups excluding carboxylic acids is 1. The van der Waals surface area contributed by atoms with Crippen molar-refractivity contribution in [1.82, 2.24) is 0 Å². The lowest BCUT2D eigenvalue weighted by molar-refractivity contribution is -0.156. The number of hydrogen-bond donors (Lipinski definition) is 0. The van der Waals surface area contributed by atoms with Crippen LogP contribution in [-0.4, -0.2) is 26.3 Å². The van der Waals surface area contributed by atoms with Gasteiger partial charge in [-0.3, -0.25) is 4.79 Å². The van der Waals surface area contributed by atoms with Crippen LogP contribution in [0.4, 0.5) is 0 Å². The van der Waals surface area contributed by atoms with Gasteiger partial charge >= 0.3 is 0 Å². The van der Waals surface area contributed by atoms with Crippen molar-refractivity contribution in [2.45, 2.75) is 52.7 Å². The number of Topliss-reactive ketones (excluding diaryl/α,β-unsaturated/α-hetero) is 1. The second kappa shape index (κ2) is 9.37. The molecule has 3 heteroatoms. The molecule has 3 nitrogen and oxygen atoms in total. The minimum atomic E-state index is -0.694. The summed E-state index contributed by atoms with van der Waals surface area (Å²) in [7, 11) is 2.98. The SMILES string of the molecule is COC(OC)C(=O)CCC(C)CCC=C(C)C. The van der Waals surface area contributed by atoms with Crippen molar-refractivity contribution < 1.29 is 14.3 Å². The summed E-state index contributed by atoms with van der Waals surface area (Å²) in [6, 6.07) is 0. The summed E-state index contributed by atoms with van der Waals surface area (Å²) in [5.41, 5.74) is 1.35. The third kappa shape index (κ3) is 8.11. The largest absolute Gasteiger partial charge is 0.349 e. The fraction of sp³-hybridized carbons (Fsp3) is 0.786. The first kappa shape index (κ1) is 16.3. The minimum absolute atomic E-state index is 0.0315. The van der Waals surface area contributed by atoms with Gasteiger partial charge in [0.2, 0.25) is 6.29 Å². The first-order valence-electron chi connectivity index (χ1n) is 6.23. The maximum atomic E-state index is 11.6. The summed E-state index contributed by atoms with van der Waals surface area (Å²) in [5, 5.41) is 0. The maximum absolute atomic E-state index is 11.6. The highest BCUT2D eigenvalue weighted by molar-refractivity contribution is 5.81. The van der Waals surface area contributed by atoms with E-state index in [-0.39, 0.29) is 5.78 Å². The van der Waals surface area contributed by atoms with Crippen molar-refractivity contribution in [1.29, 1.82) is 0 Å². The lowest BCUT2D eigenvalue weighted by Crippen LogP contribution is -2.25. The monoisotopic (exact) mass is 242 g/mol. The molecule has 0 aromatic heterocycles. The van der Waals surface area contributed by atoms with Crippen molar-refractivity contribution in [3.8, 4) is 0 Å². The standard InChI is InChI=1S/C14H26O3/c1-11(2)7-6-8-12(3)9-10-13(15)14(16-4)17-5/h7,12,14H,6,8-10H2,1-5H3. The van der Waals surface area contributed by atoms with Gasteiger partial charge < -0.3 is 9.47 Å². The Kier molecular flexibility index (Phi) is 9.00. The van der Waals surface area contributed by atoms with Crippen LogP contribution in [0.15, 0.2) is 11.6 Å². The number of rotatable bonds is 9. The Morgan fingerprint density at radius 1 is 1.18 bits per heavy atom. The van der Waals surface area contributed by atoms with Crippen LogP contribution in [0, 0.1) is 5.92 Å². The fourth-order valence-electron chi connectivity index (χ4n) is 1.67. The van der Waals surface area contributed by atoms with Crippen LogP contribution < -0.4 is 0 Å². The molecule has 0 N–H and O–H groups in total. The molecule has 0 aliphatic heterocycles. The summed E-state index contributed by atoms with van der Waals surface area (Å²) in [6.45, 7) is 6.40.